The van der Waals surface area contributed by atoms with Crippen LogP contribution in [0.25, 0.3) is 5.57 Å². The van der Waals surface area contributed by atoms with Gasteiger partial charge in [0.05, 0.1) is 11.1 Å². The second-order valence-electron chi connectivity index (χ2n) is 7.20. The molecule has 0 saturated heterocycles. The Bertz CT molecular complexity index is 603. The fraction of sp³-hybridized carbons (Fsp3) is 0.500. The van der Waals surface area contributed by atoms with Gasteiger partial charge in [-0.25, -0.2) is 0 Å². The van der Waals surface area contributed by atoms with Crippen LogP contribution in [-0.4, -0.2) is 11.0 Å². The number of aryl methyl sites for hydroxylation is 1. The van der Waals surface area contributed by atoms with E-state index < -0.39 is 5.41 Å². The summed E-state index contributed by atoms with van der Waals surface area (Å²) in [5.41, 5.74) is 4.50. The third-order valence-electron chi connectivity index (χ3n) is 3.45. The van der Waals surface area contributed by atoms with Crippen molar-refractivity contribution in [3.63, 3.8) is 0 Å². The van der Waals surface area contributed by atoms with Crippen molar-refractivity contribution in [3.8, 4) is 0 Å². The van der Waals surface area contributed by atoms with E-state index in [1.165, 1.54) is 5.57 Å². The van der Waals surface area contributed by atoms with Gasteiger partial charge in [-0.1, -0.05) is 24.3 Å². The highest BCUT2D eigenvalue weighted by Crippen LogP contribution is 2.24. The first-order valence-electron chi connectivity index (χ1n) is 8.06. The van der Waals surface area contributed by atoms with Crippen LogP contribution in [0, 0.1) is 12.3 Å². The first kappa shape index (κ1) is 19.1. The Hall–Kier alpha value is -1.90. The molecule has 1 rings (SSSR count). The fourth-order valence-corrected chi connectivity index (χ4v) is 2.06. The van der Waals surface area contributed by atoms with Gasteiger partial charge in [0, 0.05) is 11.3 Å². The fourth-order valence-electron chi connectivity index (χ4n) is 2.06. The molecule has 0 aliphatic heterocycles. The number of carbonyl (C=O) groups excluding carboxylic acids is 1. The molecule has 1 heterocycles. The Morgan fingerprint density at radius 2 is 1.96 bits per heavy atom. The molecule has 0 spiro atoms. The van der Waals surface area contributed by atoms with E-state index >= 15 is 0 Å². The maximum absolute atomic E-state index is 12.0. The van der Waals surface area contributed by atoms with Gasteiger partial charge in [-0.05, 0) is 66.0 Å². The van der Waals surface area contributed by atoms with E-state index in [2.05, 4.69) is 31.5 Å². The molecule has 3 nitrogen and oxygen atoms in total. The smallest absolute Gasteiger partial charge is 0.311 e. The van der Waals surface area contributed by atoms with Crippen LogP contribution in [0.4, 0.5) is 0 Å². The highest BCUT2D eigenvalue weighted by molar-refractivity contribution is 5.75. The van der Waals surface area contributed by atoms with E-state index in [0.717, 1.165) is 35.4 Å². The molecule has 0 aliphatic carbocycles. The number of allylic oxidation sites excluding steroid dienone is 3. The summed E-state index contributed by atoms with van der Waals surface area (Å²) in [6.45, 7) is 16.0. The minimum Gasteiger partial charge on any atom is -0.459 e. The lowest BCUT2D eigenvalue weighted by Gasteiger charge is -2.18. The monoisotopic (exact) mass is 315 g/mol. The number of hydrogen-bond acceptors (Lipinski definition) is 3. The molecule has 0 aromatic carbocycles. The lowest BCUT2D eigenvalue weighted by atomic mass is 9.97. The maximum atomic E-state index is 12.0. The van der Waals surface area contributed by atoms with Crippen molar-refractivity contribution < 1.29 is 9.53 Å². The molecule has 0 unspecified atom stereocenters. The lowest BCUT2D eigenvalue weighted by Crippen LogP contribution is -2.23. The summed E-state index contributed by atoms with van der Waals surface area (Å²) in [5.74, 6) is -0.220. The first-order valence-corrected chi connectivity index (χ1v) is 8.06. The topological polar surface area (TPSA) is 39.2 Å². The predicted molar refractivity (Wildman–Crippen MR) is 95.9 cm³/mol. The molecule has 1 aromatic rings. The van der Waals surface area contributed by atoms with E-state index in [1.807, 2.05) is 39.8 Å². The van der Waals surface area contributed by atoms with Gasteiger partial charge < -0.3 is 4.74 Å². The van der Waals surface area contributed by atoms with Crippen molar-refractivity contribution in [2.24, 2.45) is 5.41 Å². The predicted octanol–water partition coefficient (Wildman–Crippen LogP) is 5.24. The standard InChI is InChI=1S/C20H29NO2/c1-14(2)9-8-10-15(3)17-12-11-16(4)21-18(17)13-23-19(22)20(5,6)7/h9,11-12H,3,8,10,13H2,1-2,4-7H3. The van der Waals surface area contributed by atoms with Crippen molar-refractivity contribution in [3.05, 3.63) is 47.3 Å². The number of aromatic nitrogens is 1. The molecule has 0 aliphatic rings. The zero-order valence-corrected chi connectivity index (χ0v) is 15.3. The number of esters is 1. The molecular weight excluding hydrogens is 286 g/mol. The van der Waals surface area contributed by atoms with Gasteiger partial charge in [0.25, 0.3) is 0 Å². The third kappa shape index (κ3) is 6.39. The Morgan fingerprint density at radius 1 is 1.30 bits per heavy atom. The van der Waals surface area contributed by atoms with Crippen molar-refractivity contribution in [1.82, 2.24) is 4.98 Å². The summed E-state index contributed by atoms with van der Waals surface area (Å²) in [4.78, 5) is 16.5. The van der Waals surface area contributed by atoms with Crippen LogP contribution in [-0.2, 0) is 16.1 Å². The summed E-state index contributed by atoms with van der Waals surface area (Å²) in [7, 11) is 0. The number of ether oxygens (including phenoxy) is 1. The van der Waals surface area contributed by atoms with Gasteiger partial charge in [0.2, 0.25) is 0 Å². The van der Waals surface area contributed by atoms with Crippen LogP contribution in [0.15, 0.2) is 30.4 Å². The molecule has 0 atom stereocenters. The van der Waals surface area contributed by atoms with Crippen molar-refractivity contribution >= 4 is 11.5 Å². The molecule has 1 aromatic heterocycles. The van der Waals surface area contributed by atoms with E-state index in [4.69, 9.17) is 4.74 Å². The molecule has 23 heavy (non-hydrogen) atoms. The van der Waals surface area contributed by atoms with Crippen LogP contribution in [0.2, 0.25) is 0 Å². The van der Waals surface area contributed by atoms with Gasteiger partial charge in [-0.3, -0.25) is 9.78 Å². The average molecular weight is 315 g/mol. The van der Waals surface area contributed by atoms with Gasteiger partial charge in [0.15, 0.2) is 0 Å². The minimum atomic E-state index is -0.509. The van der Waals surface area contributed by atoms with E-state index in [0.29, 0.717) is 0 Å². The first-order chi connectivity index (χ1) is 10.6. The van der Waals surface area contributed by atoms with Crippen LogP contribution in [0.5, 0.6) is 0 Å². The largest absolute Gasteiger partial charge is 0.459 e. The molecule has 0 N–H and O–H groups in total. The molecule has 0 fully saturated rings. The molecule has 0 radical (unpaired) electrons. The second kappa shape index (κ2) is 8.09. The highest BCUT2D eigenvalue weighted by Gasteiger charge is 2.23. The van der Waals surface area contributed by atoms with Gasteiger partial charge in [0.1, 0.15) is 6.61 Å². The summed E-state index contributed by atoms with van der Waals surface area (Å²) < 4.78 is 5.43. The highest BCUT2D eigenvalue weighted by atomic mass is 16.5. The van der Waals surface area contributed by atoms with Crippen molar-refractivity contribution in [2.75, 3.05) is 0 Å². The Morgan fingerprint density at radius 3 is 2.52 bits per heavy atom. The van der Waals surface area contributed by atoms with Crippen molar-refractivity contribution in [2.45, 2.75) is 61.0 Å². The van der Waals surface area contributed by atoms with Crippen molar-refractivity contribution in [1.29, 1.82) is 0 Å². The molecule has 0 amide bonds. The van der Waals surface area contributed by atoms with Crippen LogP contribution < -0.4 is 0 Å². The molecule has 0 saturated carbocycles. The number of rotatable bonds is 6. The summed E-state index contributed by atoms with van der Waals surface area (Å²) in [5, 5.41) is 0. The quantitative estimate of drug-likeness (QED) is 0.532. The normalized spacial score (nSPS) is 11.0. The minimum absolute atomic E-state index is 0.189. The molecule has 0 bridgehead atoms. The summed E-state index contributed by atoms with van der Waals surface area (Å²) in [6.07, 6.45) is 4.03. The number of nitrogens with zero attached hydrogens (tertiary/aromatic N) is 1. The summed E-state index contributed by atoms with van der Waals surface area (Å²) >= 11 is 0. The van der Waals surface area contributed by atoms with Gasteiger partial charge in [-0.2, -0.15) is 0 Å². The van der Waals surface area contributed by atoms with Crippen LogP contribution in [0.1, 0.15) is 64.4 Å². The van der Waals surface area contributed by atoms with E-state index in [1.54, 1.807) is 0 Å². The molecule has 3 heteroatoms. The second-order valence-corrected chi connectivity index (χ2v) is 7.20. The SMILES string of the molecule is C=C(CCC=C(C)C)c1ccc(C)nc1COC(=O)C(C)(C)C. The average Bonchev–Trinajstić information content (AvgIpc) is 2.43. The lowest BCUT2D eigenvalue weighted by molar-refractivity contribution is -0.154. The Balaban J connectivity index is 2.86. The van der Waals surface area contributed by atoms with Crippen LogP contribution in [0.3, 0.4) is 0 Å². The summed E-state index contributed by atoms with van der Waals surface area (Å²) in [6, 6.07) is 3.99. The van der Waals surface area contributed by atoms with Gasteiger partial charge in [-0.15, -0.1) is 0 Å². The van der Waals surface area contributed by atoms with Crippen LogP contribution >= 0.6 is 0 Å². The van der Waals surface area contributed by atoms with E-state index in [9.17, 15) is 4.79 Å². The Labute approximate surface area is 140 Å². The zero-order chi connectivity index (χ0) is 17.6. The zero-order valence-electron chi connectivity index (χ0n) is 15.3. The maximum Gasteiger partial charge on any atom is 0.311 e. The Kier molecular flexibility index (Phi) is 6.74. The number of pyridine rings is 1. The molecular formula is C20H29NO2. The van der Waals surface area contributed by atoms with E-state index in [-0.39, 0.29) is 12.6 Å². The number of hydrogen-bond donors (Lipinski definition) is 0. The number of carbonyl (C=O) groups is 1. The van der Waals surface area contributed by atoms with Gasteiger partial charge >= 0.3 is 5.97 Å². The molecule has 126 valence electrons. The third-order valence-corrected chi connectivity index (χ3v) is 3.45.